The number of hydrogen-bond acceptors (Lipinski definition) is 3. The van der Waals surface area contributed by atoms with Gasteiger partial charge in [-0.3, -0.25) is 9.89 Å². The number of nitrogens with one attached hydrogen (secondary N) is 2. The molecule has 1 amide bonds. The molecule has 0 bridgehead atoms. The summed E-state index contributed by atoms with van der Waals surface area (Å²) < 4.78 is 18.5. The normalized spacial score (nSPS) is 11.8. The number of nitrogens with zero attached hydrogens (tertiary/aromatic N) is 1. The molecule has 2 N–H and O–H groups in total. The first-order valence-corrected chi connectivity index (χ1v) is 7.88. The van der Waals surface area contributed by atoms with Gasteiger partial charge in [0, 0.05) is 11.8 Å². The fourth-order valence-corrected chi connectivity index (χ4v) is 2.44. The molecule has 0 fully saturated rings. The van der Waals surface area contributed by atoms with Crippen molar-refractivity contribution < 1.29 is 13.9 Å². The van der Waals surface area contributed by atoms with Gasteiger partial charge in [-0.25, -0.2) is 4.39 Å². The van der Waals surface area contributed by atoms with Gasteiger partial charge < -0.3 is 10.1 Å². The minimum atomic E-state index is -0.303. The number of H-pyrrole nitrogens is 1. The fraction of sp³-hybridized carbons (Fsp3) is 0.158. The van der Waals surface area contributed by atoms with E-state index in [1.54, 1.807) is 30.6 Å². The van der Waals surface area contributed by atoms with Gasteiger partial charge in [0.2, 0.25) is 0 Å². The molecule has 1 unspecified atom stereocenters. The summed E-state index contributed by atoms with van der Waals surface area (Å²) in [6.45, 7) is 1.74. The van der Waals surface area contributed by atoms with Crippen LogP contribution in [0, 0.1) is 5.82 Å². The average molecular weight is 339 g/mol. The van der Waals surface area contributed by atoms with Gasteiger partial charge in [0.25, 0.3) is 5.91 Å². The summed E-state index contributed by atoms with van der Waals surface area (Å²) in [6, 6.07) is 13.2. The lowest BCUT2D eigenvalue weighted by atomic mass is 10.1. The van der Waals surface area contributed by atoms with Gasteiger partial charge >= 0.3 is 0 Å². The molecule has 6 heteroatoms. The minimum absolute atomic E-state index is 0.0969. The summed E-state index contributed by atoms with van der Waals surface area (Å²) in [5, 5.41) is 9.50. The van der Waals surface area contributed by atoms with Crippen LogP contribution in [-0.2, 0) is 4.79 Å². The van der Waals surface area contributed by atoms with E-state index in [0.717, 1.165) is 16.7 Å². The molecule has 0 aliphatic heterocycles. The van der Waals surface area contributed by atoms with Gasteiger partial charge in [-0.15, -0.1) is 0 Å². The second-order valence-electron chi connectivity index (χ2n) is 5.64. The Balaban J connectivity index is 1.55. The molecule has 0 spiro atoms. The van der Waals surface area contributed by atoms with Gasteiger partial charge in [-0.1, -0.05) is 24.3 Å². The van der Waals surface area contributed by atoms with E-state index in [1.165, 1.54) is 12.1 Å². The zero-order chi connectivity index (χ0) is 17.6. The lowest BCUT2D eigenvalue weighted by Gasteiger charge is -2.15. The maximum absolute atomic E-state index is 12.9. The quantitative estimate of drug-likeness (QED) is 0.722. The maximum atomic E-state index is 12.9. The lowest BCUT2D eigenvalue weighted by molar-refractivity contribution is -0.123. The molecule has 128 valence electrons. The van der Waals surface area contributed by atoms with Crippen molar-refractivity contribution in [3.8, 4) is 16.9 Å². The van der Waals surface area contributed by atoms with Crippen molar-refractivity contribution in [1.29, 1.82) is 0 Å². The fourth-order valence-electron chi connectivity index (χ4n) is 2.44. The molecule has 5 nitrogen and oxygen atoms in total. The van der Waals surface area contributed by atoms with Gasteiger partial charge in [0.05, 0.1) is 12.2 Å². The number of halogens is 1. The number of hydrogen-bond donors (Lipinski definition) is 2. The highest BCUT2D eigenvalue weighted by Gasteiger charge is 2.10. The van der Waals surface area contributed by atoms with E-state index in [4.69, 9.17) is 4.74 Å². The third kappa shape index (κ3) is 4.44. The number of carbonyl (C=O) groups excluding carboxylic acids is 1. The Kier molecular flexibility index (Phi) is 5.09. The highest BCUT2D eigenvalue weighted by atomic mass is 19.1. The van der Waals surface area contributed by atoms with Gasteiger partial charge in [-0.05, 0) is 42.3 Å². The number of aromatic nitrogens is 2. The highest BCUT2D eigenvalue weighted by Crippen LogP contribution is 2.22. The number of amides is 1. The second-order valence-corrected chi connectivity index (χ2v) is 5.64. The van der Waals surface area contributed by atoms with Crippen molar-refractivity contribution in [2.75, 3.05) is 6.61 Å². The molecule has 2 aromatic carbocycles. The predicted molar refractivity (Wildman–Crippen MR) is 92.5 cm³/mol. The smallest absolute Gasteiger partial charge is 0.258 e. The van der Waals surface area contributed by atoms with Gasteiger partial charge in [0.1, 0.15) is 11.6 Å². The zero-order valence-corrected chi connectivity index (χ0v) is 13.7. The maximum Gasteiger partial charge on any atom is 0.258 e. The molecule has 0 aliphatic rings. The molecule has 1 heterocycles. The van der Waals surface area contributed by atoms with Crippen LogP contribution in [0.3, 0.4) is 0 Å². The van der Waals surface area contributed by atoms with Crippen LogP contribution in [0.1, 0.15) is 18.5 Å². The first-order chi connectivity index (χ1) is 12.1. The second kappa shape index (κ2) is 7.61. The van der Waals surface area contributed by atoms with Crippen molar-refractivity contribution in [3.63, 3.8) is 0 Å². The molecule has 0 saturated heterocycles. The summed E-state index contributed by atoms with van der Waals surface area (Å²) >= 11 is 0. The number of carbonyl (C=O) groups is 1. The highest BCUT2D eigenvalue weighted by molar-refractivity contribution is 5.78. The molecular formula is C19H18FN3O2. The summed E-state index contributed by atoms with van der Waals surface area (Å²) in [5.74, 6) is 0.0527. The number of rotatable bonds is 6. The summed E-state index contributed by atoms with van der Waals surface area (Å²) in [5.41, 5.74) is 2.72. The Morgan fingerprint density at radius 2 is 2.04 bits per heavy atom. The molecule has 0 saturated carbocycles. The summed E-state index contributed by atoms with van der Waals surface area (Å²) in [7, 11) is 0. The van der Waals surface area contributed by atoms with Crippen LogP contribution in [0.25, 0.3) is 11.1 Å². The van der Waals surface area contributed by atoms with E-state index in [-0.39, 0.29) is 24.4 Å². The molecule has 0 radical (unpaired) electrons. The molecule has 25 heavy (non-hydrogen) atoms. The van der Waals surface area contributed by atoms with Crippen LogP contribution in [0.4, 0.5) is 4.39 Å². The number of ether oxygens (including phenoxy) is 1. The largest absolute Gasteiger partial charge is 0.484 e. The molecule has 1 aromatic heterocycles. The standard InChI is InChI=1S/C19H18FN3O2/c1-13(14-5-7-17(20)8-6-14)23-19(24)12-25-18-4-2-3-15(9-18)16-10-21-22-11-16/h2-11,13H,12H2,1H3,(H,21,22)(H,23,24). The third-order valence-corrected chi connectivity index (χ3v) is 3.78. The van der Waals surface area contributed by atoms with Crippen LogP contribution in [0.5, 0.6) is 5.75 Å². The SMILES string of the molecule is CC(NC(=O)COc1cccc(-c2cn[nH]c2)c1)c1ccc(F)cc1. The Morgan fingerprint density at radius 1 is 1.24 bits per heavy atom. The van der Waals surface area contributed by atoms with Crippen molar-refractivity contribution in [2.45, 2.75) is 13.0 Å². The monoisotopic (exact) mass is 339 g/mol. The first-order valence-electron chi connectivity index (χ1n) is 7.88. The number of benzene rings is 2. The molecule has 3 aromatic rings. The van der Waals surface area contributed by atoms with E-state index in [1.807, 2.05) is 25.1 Å². The van der Waals surface area contributed by atoms with E-state index >= 15 is 0 Å². The van der Waals surface area contributed by atoms with Crippen molar-refractivity contribution >= 4 is 5.91 Å². The van der Waals surface area contributed by atoms with E-state index in [0.29, 0.717) is 5.75 Å². The molecule has 3 rings (SSSR count). The van der Waals surface area contributed by atoms with E-state index in [9.17, 15) is 9.18 Å². The Hall–Kier alpha value is -3.15. The van der Waals surface area contributed by atoms with E-state index < -0.39 is 0 Å². The third-order valence-electron chi connectivity index (χ3n) is 3.78. The van der Waals surface area contributed by atoms with Gasteiger partial charge in [-0.2, -0.15) is 5.10 Å². The summed E-state index contributed by atoms with van der Waals surface area (Å²) in [4.78, 5) is 12.1. The van der Waals surface area contributed by atoms with Crippen molar-refractivity contribution in [2.24, 2.45) is 0 Å². The predicted octanol–water partition coefficient (Wildman–Crippen LogP) is 3.47. The lowest BCUT2D eigenvalue weighted by Crippen LogP contribution is -2.31. The topological polar surface area (TPSA) is 67.0 Å². The van der Waals surface area contributed by atoms with Crippen molar-refractivity contribution in [1.82, 2.24) is 15.5 Å². The first kappa shape index (κ1) is 16.7. The Bertz CT molecular complexity index is 832. The Labute approximate surface area is 144 Å². The zero-order valence-electron chi connectivity index (χ0n) is 13.7. The molecular weight excluding hydrogens is 321 g/mol. The molecule has 0 aliphatic carbocycles. The Morgan fingerprint density at radius 3 is 2.76 bits per heavy atom. The van der Waals surface area contributed by atoms with Crippen LogP contribution < -0.4 is 10.1 Å². The summed E-state index contributed by atoms with van der Waals surface area (Å²) in [6.07, 6.45) is 3.51. The van der Waals surface area contributed by atoms with Crippen LogP contribution in [0.2, 0.25) is 0 Å². The number of aromatic amines is 1. The van der Waals surface area contributed by atoms with Crippen LogP contribution >= 0.6 is 0 Å². The van der Waals surface area contributed by atoms with Crippen LogP contribution in [0.15, 0.2) is 60.9 Å². The average Bonchev–Trinajstić information content (AvgIpc) is 3.15. The van der Waals surface area contributed by atoms with Crippen molar-refractivity contribution in [3.05, 3.63) is 72.3 Å². The van der Waals surface area contributed by atoms with Gasteiger partial charge in [0.15, 0.2) is 6.61 Å². The van der Waals surface area contributed by atoms with E-state index in [2.05, 4.69) is 15.5 Å². The molecule has 1 atom stereocenters. The van der Waals surface area contributed by atoms with Crippen LogP contribution in [-0.4, -0.2) is 22.7 Å². The minimum Gasteiger partial charge on any atom is -0.484 e.